The highest BCUT2D eigenvalue weighted by Gasteiger charge is 2.13. The number of fused-ring (bicyclic) bond motifs is 1. The number of carboxylic acids is 1. The van der Waals surface area contributed by atoms with Crippen molar-refractivity contribution in [3.8, 4) is 0 Å². The molecule has 0 radical (unpaired) electrons. The van der Waals surface area contributed by atoms with Crippen LogP contribution in [-0.4, -0.2) is 17.1 Å². The summed E-state index contributed by atoms with van der Waals surface area (Å²) in [6, 6.07) is 4.16. The van der Waals surface area contributed by atoms with E-state index in [1.165, 1.54) is 0 Å². The molecule has 0 fully saturated rings. The highest BCUT2D eigenvalue weighted by Crippen LogP contribution is 2.19. The number of nitrogens with two attached hydrogens (primary N) is 1. The van der Waals surface area contributed by atoms with Crippen molar-refractivity contribution in [2.45, 2.75) is 12.5 Å². The van der Waals surface area contributed by atoms with Crippen LogP contribution in [0.2, 0.25) is 0 Å². The number of benzene rings is 1. The number of carbonyl (C=O) groups is 1. The second kappa shape index (κ2) is 4.07. The van der Waals surface area contributed by atoms with Gasteiger partial charge in [-0.15, -0.1) is 0 Å². The van der Waals surface area contributed by atoms with Gasteiger partial charge in [0, 0.05) is 0 Å². The lowest BCUT2D eigenvalue weighted by Gasteiger charge is -2.05. The first kappa shape index (κ1) is 10.8. The molecule has 1 aromatic carbocycles. The Morgan fingerprint density at radius 2 is 2.31 bits per heavy atom. The van der Waals surface area contributed by atoms with Crippen LogP contribution in [0.1, 0.15) is 5.56 Å². The van der Waals surface area contributed by atoms with E-state index in [0.717, 1.165) is 16.9 Å². The normalized spacial score (nSPS) is 12.8. The van der Waals surface area contributed by atoms with Gasteiger partial charge in [0.15, 0.2) is 0 Å². The Morgan fingerprint density at radius 3 is 3.00 bits per heavy atom. The van der Waals surface area contributed by atoms with Gasteiger partial charge in [0.2, 0.25) is 0 Å². The summed E-state index contributed by atoms with van der Waals surface area (Å²) >= 11 is 0.991. The van der Waals surface area contributed by atoms with Gasteiger partial charge in [-0.05, 0) is 24.1 Å². The number of hydrogen-bond acceptors (Lipinski definition) is 5. The van der Waals surface area contributed by atoms with Gasteiger partial charge in [-0.2, -0.15) is 0 Å². The molecule has 1 atom stereocenters. The largest absolute Gasteiger partial charge is 0.480 e. The molecule has 0 saturated heterocycles. The monoisotopic (exact) mass is 239 g/mol. The van der Waals surface area contributed by atoms with Crippen molar-refractivity contribution in [3.05, 3.63) is 33.5 Å². The van der Waals surface area contributed by atoms with E-state index < -0.39 is 12.0 Å². The minimum Gasteiger partial charge on any atom is -0.480 e. The van der Waals surface area contributed by atoms with Crippen LogP contribution in [0.5, 0.6) is 0 Å². The number of rotatable bonds is 3. The third-order valence-corrected chi connectivity index (χ3v) is 2.96. The van der Waals surface area contributed by atoms with Crippen LogP contribution >= 0.6 is 11.3 Å². The molecule has 16 heavy (non-hydrogen) atoms. The Kier molecular flexibility index (Phi) is 2.76. The molecule has 3 N–H and O–H groups in total. The second-order valence-electron chi connectivity index (χ2n) is 3.38. The fourth-order valence-corrected chi connectivity index (χ4v) is 2.12. The molecule has 0 amide bonds. The molecule has 0 aliphatic carbocycles. The van der Waals surface area contributed by atoms with Gasteiger partial charge in [0.25, 0.3) is 0 Å². The number of carboxylic acid groups (broad SMARTS) is 1. The molecule has 6 heteroatoms. The minimum absolute atomic E-state index is 0.233. The summed E-state index contributed by atoms with van der Waals surface area (Å²) in [5.74, 6) is -1.04. The highest BCUT2D eigenvalue weighted by atomic mass is 32.1. The molecule has 0 saturated carbocycles. The maximum atomic E-state index is 11.0. The zero-order valence-corrected chi connectivity index (χ0v) is 8.99. The average molecular weight is 239 g/mol. The lowest BCUT2D eigenvalue weighted by Crippen LogP contribution is -2.32. The zero-order chi connectivity index (χ0) is 11.7. The number of hydrogen-bond donors (Lipinski definition) is 2. The van der Waals surface area contributed by atoms with Gasteiger partial charge in [-0.25, -0.2) is 4.79 Å². The number of aliphatic carboxylic acids is 1. The third-order valence-electron chi connectivity index (χ3n) is 2.17. The summed E-state index contributed by atoms with van der Waals surface area (Å²) in [6.45, 7) is 0. The Bertz CT molecular complexity index is 586. The Labute approximate surface area is 94.1 Å². The van der Waals surface area contributed by atoms with Crippen molar-refractivity contribution in [1.29, 1.82) is 0 Å². The molecule has 5 nitrogen and oxygen atoms in total. The van der Waals surface area contributed by atoms with Gasteiger partial charge in [0.1, 0.15) is 11.6 Å². The van der Waals surface area contributed by atoms with E-state index in [2.05, 4.69) is 0 Å². The standard InChI is InChI=1S/C10H9NO4S/c11-6(9(12)13)3-5-1-2-7-8(4-5)16-10(14)15-7/h1-2,4,6H,3,11H2,(H,12,13). The predicted molar refractivity (Wildman–Crippen MR) is 59.7 cm³/mol. The van der Waals surface area contributed by atoms with Crippen LogP contribution in [0.25, 0.3) is 10.3 Å². The van der Waals surface area contributed by atoms with Crippen LogP contribution in [0, 0.1) is 0 Å². The van der Waals surface area contributed by atoms with Gasteiger partial charge in [-0.3, -0.25) is 4.79 Å². The maximum absolute atomic E-state index is 11.0. The quantitative estimate of drug-likeness (QED) is 0.826. The second-order valence-corrected chi connectivity index (χ2v) is 4.36. The minimum atomic E-state index is -1.04. The molecule has 2 aromatic rings. The van der Waals surface area contributed by atoms with Crippen molar-refractivity contribution in [2.24, 2.45) is 5.73 Å². The lowest BCUT2D eigenvalue weighted by molar-refractivity contribution is -0.138. The first-order chi connectivity index (χ1) is 7.56. The third kappa shape index (κ3) is 2.12. The van der Waals surface area contributed by atoms with E-state index in [1.54, 1.807) is 18.2 Å². The summed E-state index contributed by atoms with van der Waals surface area (Å²) < 4.78 is 5.60. The molecule has 1 aromatic heterocycles. The van der Waals surface area contributed by atoms with Gasteiger partial charge < -0.3 is 15.3 Å². The Morgan fingerprint density at radius 1 is 1.56 bits per heavy atom. The van der Waals surface area contributed by atoms with E-state index in [-0.39, 0.29) is 11.4 Å². The molecule has 0 aliphatic heterocycles. The SMILES string of the molecule is NC(Cc1ccc2oc(=O)sc2c1)C(=O)O. The van der Waals surface area contributed by atoms with Crippen LogP contribution < -0.4 is 10.7 Å². The molecular formula is C10H9NO4S. The van der Waals surface area contributed by atoms with Gasteiger partial charge in [0.05, 0.1) is 4.70 Å². The summed E-state index contributed by atoms with van der Waals surface area (Å²) in [5.41, 5.74) is 6.71. The van der Waals surface area contributed by atoms with Crippen molar-refractivity contribution in [3.63, 3.8) is 0 Å². The van der Waals surface area contributed by atoms with E-state index >= 15 is 0 Å². The Balaban J connectivity index is 2.32. The first-order valence-electron chi connectivity index (χ1n) is 4.57. The molecule has 0 spiro atoms. The summed E-state index contributed by atoms with van der Waals surface area (Å²) in [7, 11) is 0. The van der Waals surface area contributed by atoms with E-state index in [4.69, 9.17) is 15.3 Å². The summed E-state index contributed by atoms with van der Waals surface area (Å²) in [6.07, 6.45) is 0.233. The maximum Gasteiger partial charge on any atom is 0.396 e. The van der Waals surface area contributed by atoms with Crippen LogP contribution in [0.3, 0.4) is 0 Å². The zero-order valence-electron chi connectivity index (χ0n) is 8.17. The van der Waals surface area contributed by atoms with Gasteiger partial charge in [-0.1, -0.05) is 17.4 Å². The van der Waals surface area contributed by atoms with Crippen molar-refractivity contribution in [2.75, 3.05) is 0 Å². The van der Waals surface area contributed by atoms with Crippen LogP contribution in [-0.2, 0) is 11.2 Å². The summed E-state index contributed by atoms with van der Waals surface area (Å²) in [5, 5.41) is 8.67. The summed E-state index contributed by atoms with van der Waals surface area (Å²) in [4.78, 5) is 21.2. The van der Waals surface area contributed by atoms with Crippen molar-refractivity contribution < 1.29 is 14.3 Å². The van der Waals surface area contributed by atoms with E-state index in [1.807, 2.05) is 0 Å². The molecule has 0 bridgehead atoms. The fraction of sp³-hybridized carbons (Fsp3) is 0.200. The predicted octanol–water partition coefficient (Wildman–Crippen LogP) is 0.809. The molecule has 0 aliphatic rings. The van der Waals surface area contributed by atoms with Crippen LogP contribution in [0.15, 0.2) is 27.4 Å². The molecule has 1 heterocycles. The fourth-order valence-electron chi connectivity index (χ4n) is 1.39. The molecule has 1 unspecified atom stereocenters. The van der Waals surface area contributed by atoms with E-state index in [0.29, 0.717) is 10.3 Å². The molecular weight excluding hydrogens is 230 g/mol. The lowest BCUT2D eigenvalue weighted by atomic mass is 10.1. The average Bonchev–Trinajstić information content (AvgIpc) is 2.57. The topological polar surface area (TPSA) is 93.5 Å². The molecule has 84 valence electrons. The molecule has 2 rings (SSSR count). The highest BCUT2D eigenvalue weighted by molar-refractivity contribution is 7.16. The first-order valence-corrected chi connectivity index (χ1v) is 5.39. The van der Waals surface area contributed by atoms with Gasteiger partial charge >= 0.3 is 10.9 Å². The van der Waals surface area contributed by atoms with Crippen LogP contribution in [0.4, 0.5) is 0 Å². The van der Waals surface area contributed by atoms with Crippen molar-refractivity contribution in [1.82, 2.24) is 0 Å². The Hall–Kier alpha value is -1.66. The smallest absolute Gasteiger partial charge is 0.396 e. The van der Waals surface area contributed by atoms with Crippen molar-refractivity contribution >= 4 is 27.6 Å². The van der Waals surface area contributed by atoms with E-state index in [9.17, 15) is 9.59 Å².